The number of furan rings is 1. The summed E-state index contributed by atoms with van der Waals surface area (Å²) in [7, 11) is 3.22. The maximum Gasteiger partial charge on any atom is 0.257 e. The molecule has 1 amide bonds. The maximum absolute atomic E-state index is 12.1. The van der Waals surface area contributed by atoms with Crippen LogP contribution in [0.3, 0.4) is 0 Å². The predicted molar refractivity (Wildman–Crippen MR) is 103 cm³/mol. The number of rotatable bonds is 6. The van der Waals surface area contributed by atoms with Gasteiger partial charge in [-0.25, -0.2) is 0 Å². The number of allylic oxidation sites excluding steroid dienone is 2. The third kappa shape index (κ3) is 4.49. The van der Waals surface area contributed by atoms with Crippen LogP contribution in [0.2, 0.25) is 0 Å². The lowest BCUT2D eigenvalue weighted by molar-refractivity contribution is -0.116. The Bertz CT molecular complexity index is 839. The van der Waals surface area contributed by atoms with Gasteiger partial charge in [0, 0.05) is 19.8 Å². The Morgan fingerprint density at radius 1 is 1.22 bits per heavy atom. The highest BCUT2D eigenvalue weighted by Gasteiger charge is 2.28. The van der Waals surface area contributed by atoms with Crippen LogP contribution in [-0.2, 0) is 11.3 Å². The summed E-state index contributed by atoms with van der Waals surface area (Å²) in [6, 6.07) is 8.43. The molecule has 1 aliphatic carbocycles. The van der Waals surface area contributed by atoms with E-state index in [1.165, 1.54) is 11.0 Å². The lowest BCUT2D eigenvalue weighted by atomic mass is 9.98. The molecule has 0 atom stereocenters. The quantitative estimate of drug-likeness (QED) is 0.676. The van der Waals surface area contributed by atoms with Crippen LogP contribution in [-0.4, -0.2) is 35.8 Å². The van der Waals surface area contributed by atoms with Gasteiger partial charge in [0.05, 0.1) is 30.5 Å². The summed E-state index contributed by atoms with van der Waals surface area (Å²) in [5.74, 6) is 0.198. The minimum atomic E-state index is -0.314. The number of ketones is 1. The van der Waals surface area contributed by atoms with Gasteiger partial charge in [-0.3, -0.25) is 9.59 Å². The Balaban J connectivity index is 0.00000126. The average molecular weight is 371 g/mol. The number of Topliss-reactive ketones (excluding diaryl/α,β-unsaturated/α-hetero) is 1. The normalized spacial score (nSPS) is 12.7. The Morgan fingerprint density at radius 2 is 1.96 bits per heavy atom. The number of phenolic OH excluding ortho intramolecular Hbond substituents is 1. The zero-order valence-corrected chi connectivity index (χ0v) is 16.0. The monoisotopic (exact) mass is 371 g/mol. The smallest absolute Gasteiger partial charge is 0.257 e. The van der Waals surface area contributed by atoms with Crippen LogP contribution in [0.15, 0.2) is 52.4 Å². The molecule has 0 bridgehead atoms. The molecule has 0 saturated carbocycles. The molecule has 0 saturated heterocycles. The fourth-order valence-electron chi connectivity index (χ4n) is 2.49. The van der Waals surface area contributed by atoms with E-state index < -0.39 is 0 Å². The van der Waals surface area contributed by atoms with Crippen molar-refractivity contribution in [3.63, 3.8) is 0 Å². The van der Waals surface area contributed by atoms with Crippen molar-refractivity contribution in [1.29, 1.82) is 0 Å². The second-order valence-corrected chi connectivity index (χ2v) is 5.91. The van der Waals surface area contributed by atoms with Crippen molar-refractivity contribution in [3.05, 3.63) is 59.3 Å². The van der Waals surface area contributed by atoms with E-state index in [4.69, 9.17) is 4.42 Å². The zero-order chi connectivity index (χ0) is 20.0. The van der Waals surface area contributed by atoms with Crippen molar-refractivity contribution in [2.45, 2.75) is 26.8 Å². The van der Waals surface area contributed by atoms with Gasteiger partial charge in [-0.1, -0.05) is 19.9 Å². The summed E-state index contributed by atoms with van der Waals surface area (Å²) >= 11 is 0. The van der Waals surface area contributed by atoms with Gasteiger partial charge in [0.2, 0.25) is 0 Å². The predicted octanol–water partition coefficient (Wildman–Crippen LogP) is 3.10. The molecule has 1 aliphatic rings. The Labute approximate surface area is 158 Å². The van der Waals surface area contributed by atoms with E-state index in [1.807, 2.05) is 19.9 Å². The molecule has 1 aromatic carbocycles. The number of nitrogens with zero attached hydrogens (tertiary/aromatic N) is 1. The molecule has 0 radical (unpaired) electrons. The van der Waals surface area contributed by atoms with Crippen molar-refractivity contribution >= 4 is 17.4 Å². The van der Waals surface area contributed by atoms with Gasteiger partial charge in [-0.05, 0) is 24.3 Å². The SMILES string of the molecule is CC.CN(C)C(=O)c1cccc(NC2=C(NCc3ccco3)CC2=O)c1O. The van der Waals surface area contributed by atoms with E-state index in [1.54, 1.807) is 38.6 Å². The average Bonchev–Trinajstić information content (AvgIpc) is 3.18. The number of phenols is 1. The van der Waals surface area contributed by atoms with Gasteiger partial charge in [0.15, 0.2) is 11.5 Å². The number of benzene rings is 1. The third-order valence-corrected chi connectivity index (χ3v) is 3.91. The highest BCUT2D eigenvalue weighted by atomic mass is 16.3. The first kappa shape index (κ1) is 20.1. The first-order valence-electron chi connectivity index (χ1n) is 8.80. The second kappa shape index (κ2) is 8.93. The number of nitrogens with one attached hydrogen (secondary N) is 2. The maximum atomic E-state index is 12.1. The molecule has 3 rings (SSSR count). The van der Waals surface area contributed by atoms with Crippen LogP contribution >= 0.6 is 0 Å². The second-order valence-electron chi connectivity index (χ2n) is 5.91. The topological polar surface area (TPSA) is 94.8 Å². The van der Waals surface area contributed by atoms with Crippen LogP contribution in [0.4, 0.5) is 5.69 Å². The van der Waals surface area contributed by atoms with Gasteiger partial charge in [0.1, 0.15) is 11.5 Å². The highest BCUT2D eigenvalue weighted by molar-refractivity contribution is 6.07. The lowest BCUT2D eigenvalue weighted by Gasteiger charge is -2.25. The number of para-hydroxylation sites is 1. The molecular formula is C20H25N3O4. The molecule has 1 heterocycles. The number of aromatic hydroxyl groups is 1. The van der Waals surface area contributed by atoms with Gasteiger partial charge in [-0.2, -0.15) is 0 Å². The van der Waals surface area contributed by atoms with Crippen molar-refractivity contribution in [2.24, 2.45) is 0 Å². The van der Waals surface area contributed by atoms with Crippen LogP contribution in [0.25, 0.3) is 0 Å². The Hall–Kier alpha value is -3.22. The van der Waals surface area contributed by atoms with Crippen molar-refractivity contribution in [3.8, 4) is 5.75 Å². The summed E-state index contributed by atoms with van der Waals surface area (Å²) in [4.78, 5) is 25.4. The van der Waals surface area contributed by atoms with E-state index in [0.717, 1.165) is 11.5 Å². The molecule has 0 fully saturated rings. The minimum Gasteiger partial charge on any atom is -0.505 e. The first-order valence-corrected chi connectivity index (χ1v) is 8.80. The van der Waals surface area contributed by atoms with Gasteiger partial charge < -0.3 is 25.1 Å². The largest absolute Gasteiger partial charge is 0.505 e. The van der Waals surface area contributed by atoms with Gasteiger partial charge >= 0.3 is 0 Å². The molecule has 1 aromatic heterocycles. The lowest BCUT2D eigenvalue weighted by Crippen LogP contribution is -2.32. The third-order valence-electron chi connectivity index (χ3n) is 3.91. The molecule has 0 aliphatic heterocycles. The molecular weight excluding hydrogens is 346 g/mol. The molecule has 7 heteroatoms. The van der Waals surface area contributed by atoms with Crippen LogP contribution < -0.4 is 10.6 Å². The molecule has 7 nitrogen and oxygen atoms in total. The van der Waals surface area contributed by atoms with E-state index in [2.05, 4.69) is 10.6 Å². The summed E-state index contributed by atoms with van der Waals surface area (Å²) in [5.41, 5.74) is 1.61. The van der Waals surface area contributed by atoms with Gasteiger partial charge in [-0.15, -0.1) is 0 Å². The van der Waals surface area contributed by atoms with Crippen LogP contribution in [0.1, 0.15) is 36.4 Å². The van der Waals surface area contributed by atoms with Crippen LogP contribution in [0.5, 0.6) is 5.75 Å². The highest BCUT2D eigenvalue weighted by Crippen LogP contribution is 2.32. The Morgan fingerprint density at radius 3 is 2.56 bits per heavy atom. The van der Waals surface area contributed by atoms with Crippen molar-refractivity contribution in [2.75, 3.05) is 19.4 Å². The zero-order valence-electron chi connectivity index (χ0n) is 16.0. The Kier molecular flexibility index (Phi) is 6.65. The van der Waals surface area contributed by atoms with Crippen molar-refractivity contribution < 1.29 is 19.1 Å². The molecule has 0 spiro atoms. The summed E-state index contributed by atoms with van der Waals surface area (Å²) in [5, 5.41) is 16.4. The fraction of sp³-hybridized carbons (Fsp3) is 0.300. The summed E-state index contributed by atoms with van der Waals surface area (Å²) in [6.07, 6.45) is 1.88. The van der Waals surface area contributed by atoms with Crippen LogP contribution in [0, 0.1) is 0 Å². The molecule has 0 unspecified atom stereocenters. The molecule has 2 aromatic rings. The number of anilines is 1. The molecule has 3 N–H and O–H groups in total. The number of hydrogen-bond donors (Lipinski definition) is 3. The molecule has 144 valence electrons. The van der Waals surface area contributed by atoms with E-state index in [9.17, 15) is 14.7 Å². The number of carbonyl (C=O) groups is 2. The van der Waals surface area contributed by atoms with Crippen molar-refractivity contribution in [1.82, 2.24) is 10.2 Å². The fourth-order valence-corrected chi connectivity index (χ4v) is 2.49. The standard InChI is InChI=1S/C18H19N3O4.C2H6/c1-21(2)18(24)12-6-3-7-13(17(12)23)20-16-14(9-15(16)22)19-10-11-5-4-8-25-11;1-2/h3-8,19-20,23H,9-10H2,1-2H3;1-2H3. The van der Waals surface area contributed by atoms with Gasteiger partial charge in [0.25, 0.3) is 5.91 Å². The first-order chi connectivity index (χ1) is 13.0. The summed E-state index contributed by atoms with van der Waals surface area (Å²) < 4.78 is 5.24. The minimum absolute atomic E-state index is 0.0642. The summed E-state index contributed by atoms with van der Waals surface area (Å²) in [6.45, 7) is 4.46. The van der Waals surface area contributed by atoms with E-state index >= 15 is 0 Å². The molecule has 27 heavy (non-hydrogen) atoms. The van der Waals surface area contributed by atoms with E-state index in [-0.39, 0.29) is 23.0 Å². The number of amides is 1. The van der Waals surface area contributed by atoms with E-state index in [0.29, 0.717) is 24.4 Å². The number of hydrogen-bond acceptors (Lipinski definition) is 6. The number of carbonyl (C=O) groups excluding carboxylic acids is 2.